The van der Waals surface area contributed by atoms with Gasteiger partial charge in [0.25, 0.3) is 0 Å². The highest BCUT2D eigenvalue weighted by Crippen LogP contribution is 2.32. The van der Waals surface area contributed by atoms with Crippen molar-refractivity contribution < 1.29 is 13.7 Å². The number of benzene rings is 2. The van der Waals surface area contributed by atoms with Crippen LogP contribution < -0.4 is 0 Å². The van der Waals surface area contributed by atoms with Gasteiger partial charge in [0.1, 0.15) is 5.82 Å². The summed E-state index contributed by atoms with van der Waals surface area (Å²) in [5.41, 5.74) is -0.372. The lowest BCUT2D eigenvalue weighted by atomic mass is 10.0. The van der Waals surface area contributed by atoms with Gasteiger partial charge < -0.3 is 0 Å². The molecular weight excluding hydrogens is 228 g/mol. The molecule has 2 aromatic carbocycles. The molecule has 0 aliphatic rings. The van der Waals surface area contributed by atoms with Crippen LogP contribution in [0.4, 0.5) is 14.5 Å². The molecule has 86 valence electrons. The van der Waals surface area contributed by atoms with E-state index in [-0.39, 0.29) is 5.56 Å². The van der Waals surface area contributed by atoms with Crippen molar-refractivity contribution in [3.63, 3.8) is 0 Å². The predicted molar refractivity (Wildman–Crippen MR) is 58.4 cm³/mol. The van der Waals surface area contributed by atoms with Gasteiger partial charge in [-0.2, -0.15) is 4.39 Å². The fraction of sp³-hybridized carbons (Fsp3) is 0. The SMILES string of the molecule is O=[N+]([O-])c1c(F)cc(F)cc1-c1ccccc1. The number of hydrogen-bond donors (Lipinski definition) is 0. The lowest BCUT2D eigenvalue weighted by Crippen LogP contribution is -1.97. The van der Waals surface area contributed by atoms with E-state index in [2.05, 4.69) is 0 Å². The normalized spacial score (nSPS) is 10.2. The summed E-state index contributed by atoms with van der Waals surface area (Å²) < 4.78 is 26.5. The van der Waals surface area contributed by atoms with E-state index in [1.807, 2.05) is 0 Å². The summed E-state index contributed by atoms with van der Waals surface area (Å²) in [7, 11) is 0. The zero-order chi connectivity index (χ0) is 12.4. The Morgan fingerprint density at radius 2 is 1.71 bits per heavy atom. The van der Waals surface area contributed by atoms with Gasteiger partial charge >= 0.3 is 5.69 Å². The van der Waals surface area contributed by atoms with E-state index in [9.17, 15) is 18.9 Å². The fourth-order valence-electron chi connectivity index (χ4n) is 1.59. The molecular formula is C12H7F2NO2. The molecule has 0 spiro atoms. The van der Waals surface area contributed by atoms with Crippen LogP contribution in [0.3, 0.4) is 0 Å². The van der Waals surface area contributed by atoms with Crippen LogP contribution in [-0.2, 0) is 0 Å². The summed E-state index contributed by atoms with van der Waals surface area (Å²) in [6.45, 7) is 0. The highest BCUT2D eigenvalue weighted by Gasteiger charge is 2.22. The molecule has 17 heavy (non-hydrogen) atoms. The first-order valence-electron chi connectivity index (χ1n) is 4.78. The minimum atomic E-state index is -1.17. The van der Waals surface area contributed by atoms with Crippen molar-refractivity contribution in [2.24, 2.45) is 0 Å². The Balaban J connectivity index is 2.72. The van der Waals surface area contributed by atoms with E-state index >= 15 is 0 Å². The van der Waals surface area contributed by atoms with Crippen molar-refractivity contribution in [2.45, 2.75) is 0 Å². The molecule has 0 saturated carbocycles. The van der Waals surface area contributed by atoms with E-state index in [0.717, 1.165) is 6.07 Å². The first kappa shape index (κ1) is 11.2. The maximum atomic E-state index is 13.4. The summed E-state index contributed by atoms with van der Waals surface area (Å²) in [5.74, 6) is -2.01. The van der Waals surface area contributed by atoms with Crippen molar-refractivity contribution in [3.05, 3.63) is 64.2 Å². The van der Waals surface area contributed by atoms with Gasteiger partial charge in [-0.15, -0.1) is 0 Å². The summed E-state index contributed by atoms with van der Waals surface area (Å²) in [5, 5.41) is 10.8. The van der Waals surface area contributed by atoms with Crippen molar-refractivity contribution >= 4 is 5.69 Å². The zero-order valence-electron chi connectivity index (χ0n) is 8.56. The van der Waals surface area contributed by atoms with Crippen LogP contribution in [-0.4, -0.2) is 4.92 Å². The molecule has 2 rings (SSSR count). The van der Waals surface area contributed by atoms with Crippen molar-refractivity contribution in [3.8, 4) is 11.1 Å². The second kappa shape index (κ2) is 4.29. The topological polar surface area (TPSA) is 43.1 Å². The standard InChI is InChI=1S/C12H7F2NO2/c13-9-6-10(8-4-2-1-3-5-8)12(15(16)17)11(14)7-9/h1-7H. The number of nitro benzene ring substituents is 1. The van der Waals surface area contributed by atoms with Crippen LogP contribution in [0.1, 0.15) is 0 Å². The molecule has 0 radical (unpaired) electrons. The second-order valence-corrected chi connectivity index (χ2v) is 3.41. The van der Waals surface area contributed by atoms with Crippen LogP contribution in [0.2, 0.25) is 0 Å². The van der Waals surface area contributed by atoms with Gasteiger partial charge in [-0.3, -0.25) is 10.1 Å². The molecule has 0 atom stereocenters. The largest absolute Gasteiger partial charge is 0.312 e. The minimum Gasteiger partial charge on any atom is -0.258 e. The number of hydrogen-bond acceptors (Lipinski definition) is 2. The van der Waals surface area contributed by atoms with Gasteiger partial charge in [0, 0.05) is 6.07 Å². The molecule has 0 aliphatic carbocycles. The number of nitrogens with zero attached hydrogens (tertiary/aromatic N) is 1. The third kappa shape index (κ3) is 2.13. The van der Waals surface area contributed by atoms with Crippen LogP contribution in [0.15, 0.2) is 42.5 Å². The molecule has 5 heteroatoms. The second-order valence-electron chi connectivity index (χ2n) is 3.41. The Hall–Kier alpha value is -2.30. The van der Waals surface area contributed by atoms with Gasteiger partial charge in [0.2, 0.25) is 5.82 Å². The Morgan fingerprint density at radius 1 is 1.06 bits per heavy atom. The average molecular weight is 235 g/mol. The lowest BCUT2D eigenvalue weighted by Gasteiger charge is -2.04. The molecule has 0 amide bonds. The van der Waals surface area contributed by atoms with Gasteiger partial charge in [0.15, 0.2) is 0 Å². The quantitative estimate of drug-likeness (QED) is 0.590. The van der Waals surface area contributed by atoms with Crippen molar-refractivity contribution in [1.82, 2.24) is 0 Å². The third-order valence-corrected chi connectivity index (χ3v) is 2.30. The molecule has 3 nitrogen and oxygen atoms in total. The minimum absolute atomic E-state index is 0.0619. The molecule has 0 aromatic heterocycles. The molecule has 2 aromatic rings. The highest BCUT2D eigenvalue weighted by atomic mass is 19.1. The summed E-state index contributed by atoms with van der Waals surface area (Å²) in [4.78, 5) is 9.92. The molecule has 0 heterocycles. The monoisotopic (exact) mass is 235 g/mol. The van der Waals surface area contributed by atoms with Crippen LogP contribution in [0.5, 0.6) is 0 Å². The first-order valence-corrected chi connectivity index (χ1v) is 4.78. The Morgan fingerprint density at radius 3 is 2.29 bits per heavy atom. The van der Waals surface area contributed by atoms with E-state index < -0.39 is 22.2 Å². The van der Waals surface area contributed by atoms with Gasteiger partial charge in [0.05, 0.1) is 10.5 Å². The zero-order valence-corrected chi connectivity index (χ0v) is 8.56. The van der Waals surface area contributed by atoms with Crippen molar-refractivity contribution in [2.75, 3.05) is 0 Å². The van der Waals surface area contributed by atoms with Gasteiger partial charge in [-0.05, 0) is 11.6 Å². The predicted octanol–water partition coefficient (Wildman–Crippen LogP) is 3.54. The molecule has 0 fully saturated rings. The van der Waals surface area contributed by atoms with Gasteiger partial charge in [-0.25, -0.2) is 4.39 Å². The van der Waals surface area contributed by atoms with Crippen LogP contribution in [0.25, 0.3) is 11.1 Å². The van der Waals surface area contributed by atoms with Crippen LogP contribution in [0, 0.1) is 21.7 Å². The number of halogens is 2. The molecule has 0 unspecified atom stereocenters. The van der Waals surface area contributed by atoms with Crippen LogP contribution >= 0.6 is 0 Å². The third-order valence-electron chi connectivity index (χ3n) is 2.30. The summed E-state index contributed by atoms with van der Waals surface area (Å²) in [6, 6.07) is 9.57. The maximum absolute atomic E-state index is 13.4. The molecule has 0 saturated heterocycles. The molecule has 0 bridgehead atoms. The van der Waals surface area contributed by atoms with E-state index in [1.165, 1.54) is 0 Å². The Labute approximate surface area is 95.5 Å². The molecule has 0 aliphatic heterocycles. The summed E-state index contributed by atoms with van der Waals surface area (Å²) >= 11 is 0. The Kier molecular flexibility index (Phi) is 2.82. The fourth-order valence-corrected chi connectivity index (χ4v) is 1.59. The smallest absolute Gasteiger partial charge is 0.258 e. The average Bonchev–Trinajstić information content (AvgIpc) is 2.28. The highest BCUT2D eigenvalue weighted by molar-refractivity contribution is 5.73. The maximum Gasteiger partial charge on any atom is 0.312 e. The molecule has 0 N–H and O–H groups in total. The van der Waals surface area contributed by atoms with E-state index in [0.29, 0.717) is 11.6 Å². The number of nitro groups is 1. The van der Waals surface area contributed by atoms with E-state index in [4.69, 9.17) is 0 Å². The van der Waals surface area contributed by atoms with E-state index in [1.54, 1.807) is 30.3 Å². The first-order chi connectivity index (χ1) is 8.09. The van der Waals surface area contributed by atoms with Gasteiger partial charge in [-0.1, -0.05) is 30.3 Å². The van der Waals surface area contributed by atoms with Crippen molar-refractivity contribution in [1.29, 1.82) is 0 Å². The number of rotatable bonds is 2. The Bertz CT molecular complexity index is 570. The summed E-state index contributed by atoms with van der Waals surface area (Å²) in [6.07, 6.45) is 0. The lowest BCUT2D eigenvalue weighted by molar-refractivity contribution is -0.386.